The van der Waals surface area contributed by atoms with Crippen molar-refractivity contribution in [2.24, 2.45) is 5.92 Å². The lowest BCUT2D eigenvalue weighted by Crippen LogP contribution is -2.44. The Hall–Kier alpha value is -2.25. The van der Waals surface area contributed by atoms with Crippen molar-refractivity contribution >= 4 is 11.9 Å². The maximum absolute atomic E-state index is 12.8. The van der Waals surface area contributed by atoms with E-state index in [1.54, 1.807) is 0 Å². The topological polar surface area (TPSA) is 66.8 Å². The molecule has 1 fully saturated rings. The summed E-state index contributed by atoms with van der Waals surface area (Å²) in [6.45, 7) is -0.647. The highest BCUT2D eigenvalue weighted by atomic mass is 19.4. The fourth-order valence-corrected chi connectivity index (χ4v) is 2.48. The van der Waals surface area contributed by atoms with Gasteiger partial charge < -0.3 is 14.7 Å². The Bertz CT molecular complexity index is 588. The molecule has 1 unspecified atom stereocenters. The summed E-state index contributed by atoms with van der Waals surface area (Å²) < 4.78 is 43.4. The maximum atomic E-state index is 12.8. The van der Waals surface area contributed by atoms with Crippen molar-refractivity contribution in [3.05, 3.63) is 29.8 Å². The molecule has 1 saturated heterocycles. The predicted octanol–water partition coefficient (Wildman–Crippen LogP) is 2.56. The first-order valence-corrected chi connectivity index (χ1v) is 7.08. The van der Waals surface area contributed by atoms with Crippen molar-refractivity contribution in [1.82, 2.24) is 4.90 Å². The molecule has 1 aromatic carbocycles. The van der Waals surface area contributed by atoms with Gasteiger partial charge in [0.2, 0.25) is 0 Å². The fourth-order valence-electron chi connectivity index (χ4n) is 2.48. The van der Waals surface area contributed by atoms with Gasteiger partial charge in [-0.3, -0.25) is 4.79 Å². The van der Waals surface area contributed by atoms with Crippen molar-refractivity contribution < 1.29 is 32.6 Å². The summed E-state index contributed by atoms with van der Waals surface area (Å²) in [4.78, 5) is 24.0. The van der Waals surface area contributed by atoms with Gasteiger partial charge in [-0.05, 0) is 31.0 Å². The number of likely N-dealkylation sites (tertiary alicyclic amines) is 1. The minimum Gasteiger partial charge on any atom is -0.482 e. The number of aliphatic carboxylic acids is 1. The highest BCUT2D eigenvalue weighted by molar-refractivity contribution is 5.94. The van der Waals surface area contributed by atoms with E-state index in [0.717, 1.165) is 0 Å². The molecule has 0 spiro atoms. The number of nitrogens with zero attached hydrogens (tertiary/aromatic N) is 1. The standard InChI is InChI=1S/C15H16F3NO4/c16-15(17,18)11-4-2-6-19(8-11)14(22)10-3-1-5-12(7-10)23-9-13(20)21/h1,3,5,7,11H,2,4,6,8-9H2,(H,20,21). The van der Waals surface area contributed by atoms with Crippen LogP contribution >= 0.6 is 0 Å². The number of benzene rings is 1. The van der Waals surface area contributed by atoms with Crippen LogP contribution in [0, 0.1) is 5.92 Å². The number of carbonyl (C=O) groups excluding carboxylic acids is 1. The van der Waals surface area contributed by atoms with Gasteiger partial charge in [-0.25, -0.2) is 4.79 Å². The molecular formula is C15H16F3NO4. The van der Waals surface area contributed by atoms with E-state index in [1.165, 1.54) is 29.2 Å². The second-order valence-corrected chi connectivity index (χ2v) is 5.34. The lowest BCUT2D eigenvalue weighted by molar-refractivity contribution is -0.184. The number of ether oxygens (including phenoxy) is 1. The summed E-state index contributed by atoms with van der Waals surface area (Å²) in [5.74, 6) is -3.00. The largest absolute Gasteiger partial charge is 0.482 e. The van der Waals surface area contributed by atoms with E-state index in [0.29, 0.717) is 6.42 Å². The highest BCUT2D eigenvalue weighted by Crippen LogP contribution is 2.33. The normalized spacial score (nSPS) is 18.6. The smallest absolute Gasteiger partial charge is 0.393 e. The van der Waals surface area contributed by atoms with E-state index in [2.05, 4.69) is 0 Å². The first-order valence-electron chi connectivity index (χ1n) is 7.08. The summed E-state index contributed by atoms with van der Waals surface area (Å²) in [7, 11) is 0. The molecule has 8 heteroatoms. The van der Waals surface area contributed by atoms with E-state index in [-0.39, 0.29) is 30.8 Å². The Morgan fingerprint density at radius 2 is 2.09 bits per heavy atom. The van der Waals surface area contributed by atoms with Crippen molar-refractivity contribution in [2.45, 2.75) is 19.0 Å². The lowest BCUT2D eigenvalue weighted by Gasteiger charge is -2.33. The molecule has 0 radical (unpaired) electrons. The third kappa shape index (κ3) is 4.61. The second kappa shape index (κ2) is 6.89. The Labute approximate surface area is 130 Å². The number of carboxylic acids is 1. The number of hydrogen-bond donors (Lipinski definition) is 1. The maximum Gasteiger partial charge on any atom is 0.393 e. The van der Waals surface area contributed by atoms with Crippen molar-refractivity contribution in [3.8, 4) is 5.75 Å². The number of halogens is 3. The van der Waals surface area contributed by atoms with E-state index in [1.807, 2.05) is 0 Å². The minimum atomic E-state index is -4.31. The van der Waals surface area contributed by atoms with Gasteiger partial charge in [-0.15, -0.1) is 0 Å². The van der Waals surface area contributed by atoms with Gasteiger partial charge in [-0.2, -0.15) is 13.2 Å². The summed E-state index contributed by atoms with van der Waals surface area (Å²) in [5, 5.41) is 8.56. The van der Waals surface area contributed by atoms with Crippen LogP contribution in [-0.2, 0) is 4.79 Å². The Morgan fingerprint density at radius 3 is 2.74 bits per heavy atom. The van der Waals surface area contributed by atoms with Gasteiger partial charge in [-0.1, -0.05) is 6.07 Å². The molecular weight excluding hydrogens is 315 g/mol. The van der Waals surface area contributed by atoms with E-state index in [9.17, 15) is 22.8 Å². The molecule has 0 aromatic heterocycles. The predicted molar refractivity (Wildman–Crippen MR) is 74.3 cm³/mol. The summed E-state index contributed by atoms with van der Waals surface area (Å²) in [6.07, 6.45) is -3.99. The number of amides is 1. The third-order valence-corrected chi connectivity index (χ3v) is 3.61. The number of hydrogen-bond acceptors (Lipinski definition) is 3. The molecule has 0 bridgehead atoms. The molecule has 1 atom stereocenters. The molecule has 2 rings (SSSR count). The van der Waals surface area contributed by atoms with Gasteiger partial charge in [0.15, 0.2) is 6.61 Å². The van der Waals surface area contributed by atoms with Crippen LogP contribution in [0.15, 0.2) is 24.3 Å². The first-order chi connectivity index (χ1) is 10.8. The molecule has 0 saturated carbocycles. The fraction of sp³-hybridized carbons (Fsp3) is 0.467. The van der Waals surface area contributed by atoms with Gasteiger partial charge in [0.1, 0.15) is 5.75 Å². The molecule has 1 aliphatic rings. The average molecular weight is 331 g/mol. The third-order valence-electron chi connectivity index (χ3n) is 3.61. The second-order valence-electron chi connectivity index (χ2n) is 5.34. The Kier molecular flexibility index (Phi) is 5.12. The summed E-state index contributed by atoms with van der Waals surface area (Å²) >= 11 is 0. The summed E-state index contributed by atoms with van der Waals surface area (Å²) in [6, 6.07) is 5.78. The van der Waals surface area contributed by atoms with Gasteiger partial charge >= 0.3 is 12.1 Å². The molecule has 1 N–H and O–H groups in total. The minimum absolute atomic E-state index is 0.0229. The van der Waals surface area contributed by atoms with Crippen molar-refractivity contribution in [2.75, 3.05) is 19.7 Å². The van der Waals surface area contributed by atoms with Crippen LogP contribution in [0.25, 0.3) is 0 Å². The van der Waals surface area contributed by atoms with Crippen molar-refractivity contribution in [1.29, 1.82) is 0 Å². The zero-order valence-corrected chi connectivity index (χ0v) is 12.2. The Balaban J connectivity index is 2.07. The number of rotatable bonds is 4. The van der Waals surface area contributed by atoms with Crippen LogP contribution in [0.5, 0.6) is 5.75 Å². The molecule has 1 aliphatic heterocycles. The quantitative estimate of drug-likeness (QED) is 0.921. The van der Waals surface area contributed by atoms with Crippen LogP contribution in [-0.4, -0.2) is 47.8 Å². The zero-order chi connectivity index (χ0) is 17.0. The van der Waals surface area contributed by atoms with E-state index in [4.69, 9.17) is 9.84 Å². The van der Waals surface area contributed by atoms with E-state index >= 15 is 0 Å². The van der Waals surface area contributed by atoms with Crippen molar-refractivity contribution in [3.63, 3.8) is 0 Å². The zero-order valence-electron chi connectivity index (χ0n) is 12.2. The molecule has 1 aromatic rings. The molecule has 23 heavy (non-hydrogen) atoms. The molecule has 0 aliphatic carbocycles. The van der Waals surface area contributed by atoms with Crippen LogP contribution in [0.3, 0.4) is 0 Å². The van der Waals surface area contributed by atoms with E-state index < -0.39 is 30.6 Å². The summed E-state index contributed by atoms with van der Waals surface area (Å²) in [5.41, 5.74) is 0.177. The monoisotopic (exact) mass is 331 g/mol. The highest BCUT2D eigenvalue weighted by Gasteiger charge is 2.42. The SMILES string of the molecule is O=C(O)COc1cccc(C(=O)N2CCCC(C(F)(F)F)C2)c1. The molecule has 1 amide bonds. The van der Waals surface area contributed by atoms with Gasteiger partial charge in [0, 0.05) is 18.7 Å². The Morgan fingerprint density at radius 1 is 1.35 bits per heavy atom. The molecule has 126 valence electrons. The van der Waals surface area contributed by atoms with Crippen LogP contribution in [0.2, 0.25) is 0 Å². The number of carbonyl (C=O) groups is 2. The van der Waals surface area contributed by atoms with Crippen LogP contribution in [0.1, 0.15) is 23.2 Å². The molecule has 5 nitrogen and oxygen atoms in total. The number of carboxylic acid groups (broad SMARTS) is 1. The van der Waals surface area contributed by atoms with Crippen LogP contribution in [0.4, 0.5) is 13.2 Å². The molecule has 1 heterocycles. The lowest BCUT2D eigenvalue weighted by atomic mass is 9.97. The van der Waals surface area contributed by atoms with Gasteiger partial charge in [0.25, 0.3) is 5.91 Å². The number of piperidine rings is 1. The first kappa shape index (κ1) is 17.1. The van der Waals surface area contributed by atoms with Crippen LogP contribution < -0.4 is 4.74 Å². The average Bonchev–Trinajstić information content (AvgIpc) is 2.52. The number of alkyl halides is 3. The van der Waals surface area contributed by atoms with Gasteiger partial charge in [0.05, 0.1) is 5.92 Å².